The van der Waals surface area contributed by atoms with E-state index < -0.39 is 15.8 Å². The lowest BCUT2D eigenvalue weighted by Crippen LogP contribution is -2.28. The van der Waals surface area contributed by atoms with Gasteiger partial charge in [-0.05, 0) is 43.7 Å². The maximum Gasteiger partial charge on any atom is 0.250 e. The molecule has 0 saturated heterocycles. The molecule has 0 atom stereocenters. The van der Waals surface area contributed by atoms with Crippen LogP contribution in [0.25, 0.3) is 10.9 Å². The zero-order valence-electron chi connectivity index (χ0n) is 14.7. The van der Waals surface area contributed by atoms with Crippen LogP contribution < -0.4 is 10.0 Å². The second kappa shape index (κ2) is 7.60. The third-order valence-corrected chi connectivity index (χ3v) is 6.90. The van der Waals surface area contributed by atoms with Gasteiger partial charge < -0.3 is 5.32 Å². The molecule has 0 aliphatic rings. The van der Waals surface area contributed by atoms with E-state index in [-0.39, 0.29) is 22.9 Å². The summed E-state index contributed by atoms with van der Waals surface area (Å²) < 4.78 is 41.1. The number of thiophene rings is 1. The molecule has 9 heteroatoms. The van der Waals surface area contributed by atoms with E-state index in [2.05, 4.69) is 15.0 Å². The first-order valence-electron chi connectivity index (χ1n) is 8.11. The van der Waals surface area contributed by atoms with Gasteiger partial charge in [-0.25, -0.2) is 17.5 Å². The van der Waals surface area contributed by atoms with Gasteiger partial charge in [0.25, 0.3) is 0 Å². The Morgan fingerprint density at radius 3 is 2.70 bits per heavy atom. The third kappa shape index (κ3) is 4.08. The standard InChI is InChI=1S/C18H17FN4O2S2/c1-11-7-14(19)8-15-17(11)22-10-13(9-20)18(15)21-5-6-23-27(24,25)16-4-3-12(2)26-16/h3-4,7-8,10,23H,5-6H2,1-2H3,(H,21,22). The molecule has 1 aromatic carbocycles. The van der Waals surface area contributed by atoms with Crippen LogP contribution in [0.1, 0.15) is 16.0 Å². The number of sulfonamides is 1. The molecule has 0 unspecified atom stereocenters. The average Bonchev–Trinajstić information content (AvgIpc) is 3.06. The van der Waals surface area contributed by atoms with Crippen molar-refractivity contribution in [3.05, 3.63) is 52.3 Å². The first-order chi connectivity index (χ1) is 12.8. The van der Waals surface area contributed by atoms with Gasteiger partial charge in [-0.15, -0.1) is 11.3 Å². The quantitative estimate of drug-likeness (QED) is 0.615. The van der Waals surface area contributed by atoms with E-state index in [9.17, 15) is 18.1 Å². The van der Waals surface area contributed by atoms with Gasteiger partial charge in [0.05, 0.1) is 16.8 Å². The maximum atomic E-state index is 13.8. The van der Waals surface area contributed by atoms with E-state index in [4.69, 9.17) is 0 Å². The number of nitriles is 1. The van der Waals surface area contributed by atoms with E-state index in [1.165, 1.54) is 29.7 Å². The predicted octanol–water partition coefficient (Wildman–Crippen LogP) is 3.31. The highest BCUT2D eigenvalue weighted by atomic mass is 32.2. The fraction of sp³-hybridized carbons (Fsp3) is 0.222. The van der Waals surface area contributed by atoms with Crippen LogP contribution in [0.15, 0.2) is 34.7 Å². The number of nitrogens with zero attached hydrogens (tertiary/aromatic N) is 2. The van der Waals surface area contributed by atoms with Crippen LogP contribution in [0.3, 0.4) is 0 Å². The lowest BCUT2D eigenvalue weighted by molar-refractivity contribution is 0.585. The second-order valence-corrected chi connectivity index (χ2v) is 9.25. The molecule has 0 aliphatic carbocycles. The molecular weight excluding hydrogens is 387 g/mol. The molecule has 140 valence electrons. The Morgan fingerprint density at radius 2 is 2.04 bits per heavy atom. The van der Waals surface area contributed by atoms with Crippen molar-refractivity contribution in [1.29, 1.82) is 5.26 Å². The number of hydrogen-bond donors (Lipinski definition) is 2. The molecule has 0 radical (unpaired) electrons. The highest BCUT2D eigenvalue weighted by Crippen LogP contribution is 2.28. The van der Waals surface area contributed by atoms with Crippen LogP contribution in [0.5, 0.6) is 0 Å². The number of hydrogen-bond acceptors (Lipinski definition) is 6. The summed E-state index contributed by atoms with van der Waals surface area (Å²) in [6, 6.07) is 8.03. The van der Waals surface area contributed by atoms with Gasteiger partial charge in [-0.2, -0.15) is 5.26 Å². The number of anilines is 1. The van der Waals surface area contributed by atoms with Gasteiger partial charge in [0.15, 0.2) is 0 Å². The average molecular weight is 404 g/mol. The summed E-state index contributed by atoms with van der Waals surface area (Å²) in [5, 5.41) is 12.8. The topological polar surface area (TPSA) is 94.9 Å². The van der Waals surface area contributed by atoms with Crippen LogP contribution >= 0.6 is 11.3 Å². The highest BCUT2D eigenvalue weighted by Gasteiger charge is 2.16. The summed E-state index contributed by atoms with van der Waals surface area (Å²) in [7, 11) is -3.57. The minimum Gasteiger partial charge on any atom is -0.382 e. The number of nitrogens with one attached hydrogen (secondary N) is 2. The lowest BCUT2D eigenvalue weighted by atomic mass is 10.1. The summed E-state index contributed by atoms with van der Waals surface area (Å²) in [6.45, 7) is 3.92. The van der Waals surface area contributed by atoms with E-state index in [0.29, 0.717) is 22.2 Å². The molecule has 27 heavy (non-hydrogen) atoms. The number of benzene rings is 1. The number of aryl methyl sites for hydroxylation is 2. The Balaban J connectivity index is 1.78. The molecule has 2 N–H and O–H groups in total. The number of halogens is 1. The van der Waals surface area contributed by atoms with Crippen LogP contribution in [0.2, 0.25) is 0 Å². The molecule has 2 aromatic heterocycles. The Labute approximate surface area is 160 Å². The molecule has 0 bridgehead atoms. The van der Waals surface area contributed by atoms with Crippen molar-refractivity contribution in [2.45, 2.75) is 18.1 Å². The molecule has 6 nitrogen and oxygen atoms in total. The first-order valence-corrected chi connectivity index (χ1v) is 10.4. The molecule has 0 saturated carbocycles. The molecule has 3 aromatic rings. The minimum atomic E-state index is -3.57. The van der Waals surface area contributed by atoms with Gasteiger partial charge in [0.1, 0.15) is 16.1 Å². The van der Waals surface area contributed by atoms with Crippen LogP contribution in [0, 0.1) is 31.0 Å². The zero-order chi connectivity index (χ0) is 19.6. The molecule has 2 heterocycles. The number of aromatic nitrogens is 1. The molecule has 0 amide bonds. The third-order valence-electron chi connectivity index (χ3n) is 3.95. The van der Waals surface area contributed by atoms with E-state index in [0.717, 1.165) is 4.88 Å². The molecule has 0 aliphatic heterocycles. The van der Waals surface area contributed by atoms with Crippen LogP contribution in [-0.2, 0) is 10.0 Å². The lowest BCUT2D eigenvalue weighted by Gasteiger charge is -2.13. The Morgan fingerprint density at radius 1 is 1.26 bits per heavy atom. The fourth-order valence-electron chi connectivity index (χ4n) is 2.71. The van der Waals surface area contributed by atoms with Gasteiger partial charge in [-0.3, -0.25) is 4.98 Å². The van der Waals surface area contributed by atoms with Crippen molar-refractivity contribution in [3.63, 3.8) is 0 Å². The second-order valence-electron chi connectivity index (χ2n) is 5.97. The van der Waals surface area contributed by atoms with Gasteiger partial charge >= 0.3 is 0 Å². The summed E-state index contributed by atoms with van der Waals surface area (Å²) in [5.41, 5.74) is 1.96. The fourth-order valence-corrected chi connectivity index (χ4v) is 5.07. The molecule has 0 spiro atoms. The summed E-state index contributed by atoms with van der Waals surface area (Å²) in [6.07, 6.45) is 1.42. The van der Waals surface area contributed by atoms with Crippen molar-refractivity contribution in [1.82, 2.24) is 9.71 Å². The van der Waals surface area contributed by atoms with Gasteiger partial charge in [-0.1, -0.05) is 0 Å². The maximum absolute atomic E-state index is 13.8. The normalized spacial score (nSPS) is 11.5. The number of fused-ring (bicyclic) bond motifs is 1. The van der Waals surface area contributed by atoms with Gasteiger partial charge in [0.2, 0.25) is 10.0 Å². The molecular formula is C18H17FN4O2S2. The Bertz CT molecular complexity index is 1150. The largest absolute Gasteiger partial charge is 0.382 e. The zero-order valence-corrected chi connectivity index (χ0v) is 16.3. The molecule has 3 rings (SSSR count). The van der Waals surface area contributed by atoms with E-state index in [1.54, 1.807) is 19.1 Å². The van der Waals surface area contributed by atoms with E-state index in [1.807, 2.05) is 13.0 Å². The summed E-state index contributed by atoms with van der Waals surface area (Å²) >= 11 is 1.20. The van der Waals surface area contributed by atoms with Crippen molar-refractivity contribution < 1.29 is 12.8 Å². The van der Waals surface area contributed by atoms with Crippen LogP contribution in [0.4, 0.5) is 10.1 Å². The number of pyridine rings is 1. The smallest absolute Gasteiger partial charge is 0.250 e. The SMILES string of the molecule is Cc1ccc(S(=O)(=O)NCCNc2c(C#N)cnc3c(C)cc(F)cc23)s1. The Kier molecular flexibility index (Phi) is 5.41. The predicted molar refractivity (Wildman–Crippen MR) is 104 cm³/mol. The van der Waals surface area contributed by atoms with Crippen molar-refractivity contribution in [2.24, 2.45) is 0 Å². The van der Waals surface area contributed by atoms with Crippen molar-refractivity contribution in [3.8, 4) is 6.07 Å². The minimum absolute atomic E-state index is 0.113. The number of rotatable bonds is 6. The monoisotopic (exact) mass is 404 g/mol. The van der Waals surface area contributed by atoms with Crippen molar-refractivity contribution in [2.75, 3.05) is 18.4 Å². The van der Waals surface area contributed by atoms with Gasteiger partial charge in [0, 0.05) is 29.5 Å². The highest BCUT2D eigenvalue weighted by molar-refractivity contribution is 7.91. The van der Waals surface area contributed by atoms with Crippen molar-refractivity contribution >= 4 is 38.0 Å². The summed E-state index contributed by atoms with van der Waals surface area (Å²) in [5.74, 6) is -0.422. The first kappa shape index (κ1) is 19.2. The summed E-state index contributed by atoms with van der Waals surface area (Å²) in [4.78, 5) is 5.13. The molecule has 0 fully saturated rings. The van der Waals surface area contributed by atoms with Crippen LogP contribution in [-0.4, -0.2) is 26.5 Å². The Hall–Kier alpha value is -2.54. The van der Waals surface area contributed by atoms with E-state index >= 15 is 0 Å².